The first-order valence-corrected chi connectivity index (χ1v) is 8.86. The third-order valence-electron chi connectivity index (χ3n) is 4.16. The zero-order valence-electron chi connectivity index (χ0n) is 15.0. The van der Waals surface area contributed by atoms with Crippen LogP contribution in [-0.2, 0) is 7.05 Å². The van der Waals surface area contributed by atoms with Gasteiger partial charge < -0.3 is 4.57 Å². The summed E-state index contributed by atoms with van der Waals surface area (Å²) in [6.07, 6.45) is 14.2. The summed E-state index contributed by atoms with van der Waals surface area (Å²) in [7, 11) is 2.11. The van der Waals surface area contributed by atoms with E-state index >= 15 is 0 Å². The fourth-order valence-corrected chi connectivity index (χ4v) is 4.19. The lowest BCUT2D eigenvalue weighted by atomic mass is 9.99. The third kappa shape index (κ3) is 2.78. The first kappa shape index (κ1) is 18.0. The second kappa shape index (κ2) is 7.50. The van der Waals surface area contributed by atoms with Gasteiger partial charge in [-0.1, -0.05) is 56.2 Å². The molecule has 0 amide bonds. The fourth-order valence-electron chi connectivity index (χ4n) is 3.19. The van der Waals surface area contributed by atoms with Gasteiger partial charge in [-0.15, -0.1) is 11.3 Å². The van der Waals surface area contributed by atoms with Crippen LogP contribution < -0.4 is 0 Å². The number of thiophene rings is 1. The third-order valence-corrected chi connectivity index (χ3v) is 5.27. The number of allylic oxidation sites excluding steroid dienone is 2. The van der Waals surface area contributed by atoms with Crippen molar-refractivity contribution in [1.29, 1.82) is 0 Å². The maximum atomic E-state index is 4.05. The van der Waals surface area contributed by atoms with E-state index in [2.05, 4.69) is 62.6 Å². The van der Waals surface area contributed by atoms with Crippen LogP contribution in [0.3, 0.4) is 0 Å². The van der Waals surface area contributed by atoms with Crippen molar-refractivity contribution in [2.45, 2.75) is 20.8 Å². The molecule has 0 bridgehead atoms. The molecule has 2 aromatic heterocycles. The van der Waals surface area contributed by atoms with E-state index in [9.17, 15) is 0 Å². The van der Waals surface area contributed by atoms with Crippen molar-refractivity contribution >= 4 is 41.7 Å². The van der Waals surface area contributed by atoms with Gasteiger partial charge in [0.25, 0.3) is 0 Å². The van der Waals surface area contributed by atoms with E-state index in [0.717, 1.165) is 16.8 Å². The van der Waals surface area contributed by atoms with Crippen molar-refractivity contribution in [2.24, 2.45) is 7.05 Å². The number of nitrogens with zero attached hydrogens (tertiary/aromatic N) is 1. The summed E-state index contributed by atoms with van der Waals surface area (Å²) in [5.74, 6) is 0. The van der Waals surface area contributed by atoms with Gasteiger partial charge in [-0.2, -0.15) is 0 Å². The number of hydrogen-bond donors (Lipinski definition) is 0. The standard InChI is InChI=1S/C22H25NS/c1-8-13-18-20(12-5)24-15(6)21(18)22-17(11-4)16(10-3)19(14-9-2)23(22)7/h8-14H,3-5H2,1-2,6-7H3/b13-8-,14-9-. The highest BCUT2D eigenvalue weighted by atomic mass is 32.1. The smallest absolute Gasteiger partial charge is 0.0579 e. The molecular formula is C22H25NS. The Morgan fingerprint density at radius 3 is 2.00 bits per heavy atom. The molecular weight excluding hydrogens is 310 g/mol. The second-order valence-corrected chi connectivity index (χ2v) is 6.80. The molecule has 2 aromatic rings. The highest BCUT2D eigenvalue weighted by molar-refractivity contribution is 7.13. The van der Waals surface area contributed by atoms with Gasteiger partial charge in [-0.05, 0) is 26.8 Å². The Labute approximate surface area is 149 Å². The molecule has 2 heteroatoms. The van der Waals surface area contributed by atoms with Gasteiger partial charge in [-0.25, -0.2) is 0 Å². The summed E-state index contributed by atoms with van der Waals surface area (Å²) >= 11 is 1.78. The topological polar surface area (TPSA) is 4.93 Å². The lowest BCUT2D eigenvalue weighted by Gasteiger charge is -2.09. The van der Waals surface area contributed by atoms with Gasteiger partial charge in [0, 0.05) is 44.7 Å². The molecule has 0 spiro atoms. The van der Waals surface area contributed by atoms with E-state index in [0.29, 0.717) is 0 Å². The molecule has 0 aromatic carbocycles. The van der Waals surface area contributed by atoms with Crippen LogP contribution in [0.1, 0.15) is 46.0 Å². The molecule has 0 aliphatic rings. The predicted molar refractivity (Wildman–Crippen MR) is 113 cm³/mol. The van der Waals surface area contributed by atoms with E-state index in [-0.39, 0.29) is 0 Å². The second-order valence-electron chi connectivity index (χ2n) is 5.54. The fraction of sp³-hybridized carbons (Fsp3) is 0.182. The molecule has 0 unspecified atom stereocenters. The van der Waals surface area contributed by atoms with Crippen LogP contribution in [0.4, 0.5) is 0 Å². The largest absolute Gasteiger partial charge is 0.343 e. The molecule has 0 aliphatic heterocycles. The van der Waals surface area contributed by atoms with Crippen molar-refractivity contribution in [3.63, 3.8) is 0 Å². The van der Waals surface area contributed by atoms with E-state index < -0.39 is 0 Å². The zero-order chi connectivity index (χ0) is 17.9. The Bertz CT molecular complexity index is 853. The molecule has 124 valence electrons. The van der Waals surface area contributed by atoms with Crippen LogP contribution in [0.15, 0.2) is 31.9 Å². The summed E-state index contributed by atoms with van der Waals surface area (Å²) in [6, 6.07) is 0. The van der Waals surface area contributed by atoms with Crippen molar-refractivity contribution in [1.82, 2.24) is 4.57 Å². The van der Waals surface area contributed by atoms with Crippen molar-refractivity contribution in [3.8, 4) is 11.3 Å². The maximum absolute atomic E-state index is 4.05. The van der Waals surface area contributed by atoms with Crippen LogP contribution in [0.25, 0.3) is 41.6 Å². The van der Waals surface area contributed by atoms with Crippen LogP contribution in [-0.4, -0.2) is 4.57 Å². The summed E-state index contributed by atoms with van der Waals surface area (Å²) < 4.78 is 2.24. The lowest BCUT2D eigenvalue weighted by Crippen LogP contribution is -1.96. The van der Waals surface area contributed by atoms with Crippen LogP contribution in [0.2, 0.25) is 0 Å². The normalized spacial score (nSPS) is 11.5. The number of rotatable bonds is 6. The maximum Gasteiger partial charge on any atom is 0.0579 e. The number of aryl methyl sites for hydroxylation is 1. The van der Waals surface area contributed by atoms with Gasteiger partial charge >= 0.3 is 0 Å². The average Bonchev–Trinajstić information content (AvgIpc) is 3.02. The van der Waals surface area contributed by atoms with Crippen LogP contribution in [0.5, 0.6) is 0 Å². The van der Waals surface area contributed by atoms with Gasteiger partial charge in [-0.3, -0.25) is 0 Å². The predicted octanol–water partition coefficient (Wildman–Crippen LogP) is 7.06. The molecule has 0 radical (unpaired) electrons. The SMILES string of the molecule is C=Cc1sc(C)c(-c2c(C=C)c(C=C)c(/C=C\C)n2C)c1/C=C\C. The van der Waals surface area contributed by atoms with Crippen LogP contribution >= 0.6 is 11.3 Å². The summed E-state index contributed by atoms with van der Waals surface area (Å²) in [6.45, 7) is 18.3. The Kier molecular flexibility index (Phi) is 5.63. The Morgan fingerprint density at radius 1 is 0.875 bits per heavy atom. The highest BCUT2D eigenvalue weighted by Crippen LogP contribution is 2.42. The summed E-state index contributed by atoms with van der Waals surface area (Å²) in [5.41, 5.74) is 7.06. The summed E-state index contributed by atoms with van der Waals surface area (Å²) in [5, 5.41) is 0. The van der Waals surface area contributed by atoms with E-state index in [4.69, 9.17) is 0 Å². The molecule has 0 aliphatic carbocycles. The monoisotopic (exact) mass is 335 g/mol. The molecule has 0 N–H and O–H groups in total. The Morgan fingerprint density at radius 2 is 1.50 bits per heavy atom. The molecule has 0 atom stereocenters. The first-order chi connectivity index (χ1) is 11.5. The molecule has 1 nitrogen and oxygen atoms in total. The van der Waals surface area contributed by atoms with Gasteiger partial charge in [0.05, 0.1) is 5.69 Å². The average molecular weight is 336 g/mol. The van der Waals surface area contributed by atoms with E-state index in [1.54, 1.807) is 11.3 Å². The number of aromatic nitrogens is 1. The Hall–Kier alpha value is -2.32. The molecule has 0 saturated carbocycles. The van der Waals surface area contributed by atoms with Gasteiger partial charge in [0.15, 0.2) is 0 Å². The van der Waals surface area contributed by atoms with Crippen molar-refractivity contribution in [2.75, 3.05) is 0 Å². The van der Waals surface area contributed by atoms with Gasteiger partial charge in [0.2, 0.25) is 0 Å². The van der Waals surface area contributed by atoms with E-state index in [1.807, 2.05) is 32.1 Å². The number of hydrogen-bond acceptors (Lipinski definition) is 1. The molecule has 24 heavy (non-hydrogen) atoms. The minimum absolute atomic E-state index is 1.12. The highest BCUT2D eigenvalue weighted by Gasteiger charge is 2.22. The molecule has 2 heterocycles. The summed E-state index contributed by atoms with van der Waals surface area (Å²) in [4.78, 5) is 2.48. The Balaban J connectivity index is 2.98. The quantitative estimate of drug-likeness (QED) is 0.532. The molecule has 0 saturated heterocycles. The lowest BCUT2D eigenvalue weighted by molar-refractivity contribution is 0.921. The molecule has 0 fully saturated rings. The first-order valence-electron chi connectivity index (χ1n) is 8.04. The van der Waals surface area contributed by atoms with Gasteiger partial charge in [0.1, 0.15) is 0 Å². The van der Waals surface area contributed by atoms with E-state index in [1.165, 1.54) is 26.6 Å². The zero-order valence-corrected chi connectivity index (χ0v) is 15.8. The van der Waals surface area contributed by atoms with Crippen molar-refractivity contribution < 1.29 is 0 Å². The van der Waals surface area contributed by atoms with Crippen LogP contribution in [0, 0.1) is 6.92 Å². The van der Waals surface area contributed by atoms with Crippen molar-refractivity contribution in [3.05, 3.63) is 64.0 Å². The minimum atomic E-state index is 1.12. The molecule has 2 rings (SSSR count). The minimum Gasteiger partial charge on any atom is -0.343 e.